The van der Waals surface area contributed by atoms with Crippen molar-refractivity contribution in [2.24, 2.45) is 0 Å². The van der Waals surface area contributed by atoms with Crippen molar-refractivity contribution in [3.8, 4) is 11.1 Å². The number of carbonyl (C=O) groups is 1. The first-order chi connectivity index (χ1) is 14.8. The standard InChI is InChI=1S/C23H25FN6O/c1-14-19(11-25-15(2)27-14)22(31)30-10-9-17(13-30)21-20(12-26-23(28-21)29(3)4)16-5-7-18(24)8-6-16/h5-8,11-12,17H,9-10,13H2,1-4H3/t17-/m1/s1. The second kappa shape index (κ2) is 8.37. The number of likely N-dealkylation sites (tertiary alicyclic amines) is 1. The average molecular weight is 420 g/mol. The molecule has 0 aliphatic carbocycles. The van der Waals surface area contributed by atoms with Crippen LogP contribution in [0, 0.1) is 19.7 Å². The molecule has 1 aliphatic rings. The molecule has 3 heterocycles. The molecule has 1 saturated heterocycles. The van der Waals surface area contributed by atoms with Gasteiger partial charge in [0.1, 0.15) is 11.6 Å². The normalized spacial score (nSPS) is 15.9. The van der Waals surface area contributed by atoms with Crippen LogP contribution in [0.2, 0.25) is 0 Å². The molecule has 1 fully saturated rings. The molecule has 0 saturated carbocycles. The molecule has 0 radical (unpaired) electrons. The average Bonchev–Trinajstić information content (AvgIpc) is 3.24. The van der Waals surface area contributed by atoms with Crippen molar-refractivity contribution < 1.29 is 9.18 Å². The molecule has 8 heteroatoms. The van der Waals surface area contributed by atoms with Gasteiger partial charge in [-0.25, -0.2) is 24.3 Å². The van der Waals surface area contributed by atoms with Gasteiger partial charge in [-0.2, -0.15) is 0 Å². The Morgan fingerprint density at radius 1 is 1.10 bits per heavy atom. The Hall–Kier alpha value is -3.42. The summed E-state index contributed by atoms with van der Waals surface area (Å²) >= 11 is 0. The summed E-state index contributed by atoms with van der Waals surface area (Å²) in [5, 5.41) is 0. The van der Waals surface area contributed by atoms with Crippen LogP contribution in [0.4, 0.5) is 10.3 Å². The maximum atomic E-state index is 13.4. The Morgan fingerprint density at radius 3 is 2.52 bits per heavy atom. The molecule has 1 atom stereocenters. The molecule has 2 aromatic heterocycles. The van der Waals surface area contributed by atoms with E-state index >= 15 is 0 Å². The van der Waals surface area contributed by atoms with Gasteiger partial charge in [-0.15, -0.1) is 0 Å². The van der Waals surface area contributed by atoms with Crippen LogP contribution in [-0.4, -0.2) is 57.9 Å². The van der Waals surface area contributed by atoms with E-state index in [9.17, 15) is 9.18 Å². The number of halogens is 1. The molecule has 3 aromatic rings. The van der Waals surface area contributed by atoms with Gasteiger partial charge in [-0.05, 0) is 38.0 Å². The lowest BCUT2D eigenvalue weighted by Gasteiger charge is -2.20. The number of amides is 1. The number of anilines is 1. The van der Waals surface area contributed by atoms with Gasteiger partial charge < -0.3 is 9.80 Å². The van der Waals surface area contributed by atoms with Gasteiger partial charge in [0.05, 0.1) is 17.0 Å². The number of hydrogen-bond donors (Lipinski definition) is 0. The summed E-state index contributed by atoms with van der Waals surface area (Å²) in [6.45, 7) is 4.81. The summed E-state index contributed by atoms with van der Waals surface area (Å²) in [5.41, 5.74) is 3.80. The first kappa shape index (κ1) is 20.8. The van der Waals surface area contributed by atoms with Crippen LogP contribution >= 0.6 is 0 Å². The topological polar surface area (TPSA) is 75.1 Å². The lowest BCUT2D eigenvalue weighted by atomic mass is 9.96. The highest BCUT2D eigenvalue weighted by Crippen LogP contribution is 2.34. The molecule has 0 unspecified atom stereocenters. The van der Waals surface area contributed by atoms with Gasteiger partial charge in [-0.3, -0.25) is 4.79 Å². The molecule has 7 nitrogen and oxygen atoms in total. The minimum atomic E-state index is -0.288. The Bertz CT molecular complexity index is 1120. The van der Waals surface area contributed by atoms with Crippen LogP contribution in [0.5, 0.6) is 0 Å². The van der Waals surface area contributed by atoms with Crippen LogP contribution in [0.3, 0.4) is 0 Å². The van der Waals surface area contributed by atoms with Gasteiger partial charge in [0.2, 0.25) is 5.95 Å². The minimum absolute atomic E-state index is 0.0531. The molecule has 1 aliphatic heterocycles. The minimum Gasteiger partial charge on any atom is -0.347 e. The Kier molecular flexibility index (Phi) is 5.63. The van der Waals surface area contributed by atoms with Gasteiger partial charge >= 0.3 is 0 Å². The van der Waals surface area contributed by atoms with E-state index in [0.29, 0.717) is 36.1 Å². The molecule has 0 bridgehead atoms. The second-order valence-corrected chi connectivity index (χ2v) is 8.02. The zero-order valence-corrected chi connectivity index (χ0v) is 18.1. The number of aromatic nitrogens is 4. The fourth-order valence-electron chi connectivity index (χ4n) is 3.90. The van der Waals surface area contributed by atoms with Crippen LogP contribution < -0.4 is 4.90 Å². The molecule has 1 aromatic carbocycles. The number of aryl methyl sites for hydroxylation is 2. The van der Waals surface area contributed by atoms with E-state index < -0.39 is 0 Å². The first-order valence-corrected chi connectivity index (χ1v) is 10.2. The van der Waals surface area contributed by atoms with Gasteiger partial charge in [0.15, 0.2) is 0 Å². The fourth-order valence-corrected chi connectivity index (χ4v) is 3.90. The Morgan fingerprint density at radius 2 is 1.84 bits per heavy atom. The molecule has 31 heavy (non-hydrogen) atoms. The third-order valence-electron chi connectivity index (χ3n) is 5.55. The highest BCUT2D eigenvalue weighted by atomic mass is 19.1. The van der Waals surface area contributed by atoms with Crippen molar-refractivity contribution >= 4 is 11.9 Å². The van der Waals surface area contributed by atoms with Gasteiger partial charge in [-0.1, -0.05) is 12.1 Å². The molecular formula is C23H25FN6O. The summed E-state index contributed by atoms with van der Waals surface area (Å²) in [4.78, 5) is 34.5. The summed E-state index contributed by atoms with van der Waals surface area (Å²) in [7, 11) is 3.78. The maximum absolute atomic E-state index is 13.4. The van der Waals surface area contributed by atoms with E-state index in [1.54, 1.807) is 24.5 Å². The van der Waals surface area contributed by atoms with E-state index in [1.807, 2.05) is 37.7 Å². The fraction of sp³-hybridized carbons (Fsp3) is 0.348. The zero-order chi connectivity index (χ0) is 22.1. The Labute approximate surface area is 181 Å². The summed E-state index contributed by atoms with van der Waals surface area (Å²) < 4.78 is 13.4. The van der Waals surface area contributed by atoms with Crippen molar-refractivity contribution in [1.29, 1.82) is 0 Å². The number of benzene rings is 1. The summed E-state index contributed by atoms with van der Waals surface area (Å²) in [6, 6.07) is 6.34. The zero-order valence-electron chi connectivity index (χ0n) is 18.1. The summed E-state index contributed by atoms with van der Waals surface area (Å²) in [6.07, 6.45) is 4.18. The van der Waals surface area contributed by atoms with Gasteiger partial charge in [0, 0.05) is 51.1 Å². The number of rotatable bonds is 4. The van der Waals surface area contributed by atoms with Crippen molar-refractivity contribution in [2.75, 3.05) is 32.1 Å². The van der Waals surface area contributed by atoms with E-state index in [-0.39, 0.29) is 17.6 Å². The predicted molar refractivity (Wildman–Crippen MR) is 117 cm³/mol. The molecule has 0 N–H and O–H groups in total. The van der Waals surface area contributed by atoms with Crippen LogP contribution in [-0.2, 0) is 0 Å². The highest BCUT2D eigenvalue weighted by molar-refractivity contribution is 5.95. The highest BCUT2D eigenvalue weighted by Gasteiger charge is 2.32. The molecule has 4 rings (SSSR count). The van der Waals surface area contributed by atoms with Crippen LogP contribution in [0.25, 0.3) is 11.1 Å². The quantitative estimate of drug-likeness (QED) is 0.644. The summed E-state index contributed by atoms with van der Waals surface area (Å²) in [5.74, 6) is 0.954. The Balaban J connectivity index is 1.65. The monoisotopic (exact) mass is 420 g/mol. The third-order valence-corrected chi connectivity index (χ3v) is 5.55. The SMILES string of the molecule is Cc1ncc(C(=O)N2CC[C@@H](c3nc(N(C)C)ncc3-c3ccc(F)cc3)C2)c(C)n1. The molecule has 0 spiro atoms. The van der Waals surface area contributed by atoms with E-state index in [4.69, 9.17) is 4.98 Å². The van der Waals surface area contributed by atoms with Crippen molar-refractivity contribution in [3.63, 3.8) is 0 Å². The van der Waals surface area contributed by atoms with Crippen molar-refractivity contribution in [1.82, 2.24) is 24.8 Å². The lowest BCUT2D eigenvalue weighted by molar-refractivity contribution is 0.0789. The molecule has 160 valence electrons. The van der Waals surface area contributed by atoms with Crippen molar-refractivity contribution in [3.05, 3.63) is 65.3 Å². The second-order valence-electron chi connectivity index (χ2n) is 8.02. The van der Waals surface area contributed by atoms with E-state index in [2.05, 4.69) is 15.0 Å². The van der Waals surface area contributed by atoms with Crippen molar-refractivity contribution in [2.45, 2.75) is 26.2 Å². The number of hydrogen-bond acceptors (Lipinski definition) is 6. The number of carbonyl (C=O) groups excluding carboxylic acids is 1. The lowest BCUT2D eigenvalue weighted by Crippen LogP contribution is -2.29. The first-order valence-electron chi connectivity index (χ1n) is 10.2. The predicted octanol–water partition coefficient (Wildman–Crippen LogP) is 3.39. The van der Waals surface area contributed by atoms with Crippen LogP contribution in [0.15, 0.2) is 36.7 Å². The molecule has 1 amide bonds. The van der Waals surface area contributed by atoms with E-state index in [0.717, 1.165) is 23.2 Å². The van der Waals surface area contributed by atoms with E-state index in [1.165, 1.54) is 12.1 Å². The number of nitrogens with zero attached hydrogens (tertiary/aromatic N) is 6. The van der Waals surface area contributed by atoms with Crippen LogP contribution in [0.1, 0.15) is 39.9 Å². The maximum Gasteiger partial charge on any atom is 0.257 e. The molecular weight excluding hydrogens is 395 g/mol. The van der Waals surface area contributed by atoms with Gasteiger partial charge in [0.25, 0.3) is 5.91 Å². The third kappa shape index (κ3) is 4.23. The largest absolute Gasteiger partial charge is 0.347 e. The smallest absolute Gasteiger partial charge is 0.257 e.